The van der Waals surface area contributed by atoms with Crippen LogP contribution in [0.4, 0.5) is 5.69 Å². The van der Waals surface area contributed by atoms with Crippen LogP contribution in [0.2, 0.25) is 5.02 Å². The monoisotopic (exact) mass is 389 g/mol. The molecule has 3 aromatic rings. The van der Waals surface area contributed by atoms with Crippen molar-refractivity contribution >= 4 is 28.8 Å². The van der Waals surface area contributed by atoms with Gasteiger partial charge in [0.1, 0.15) is 11.8 Å². The number of hydrogen-bond donors (Lipinski definition) is 0. The Kier molecular flexibility index (Phi) is 4.58. The zero-order valence-electron chi connectivity index (χ0n) is 15.4. The first-order valence-electron chi connectivity index (χ1n) is 8.80. The van der Waals surface area contributed by atoms with Gasteiger partial charge in [-0.25, -0.2) is 4.85 Å². The van der Waals surface area contributed by atoms with Crippen LogP contribution < -0.4 is 0 Å². The van der Waals surface area contributed by atoms with Gasteiger partial charge in [-0.2, -0.15) is 0 Å². The number of Topliss-reactive ketones (excluding diaryl/α,β-unsaturated/α-hetero) is 1. The van der Waals surface area contributed by atoms with E-state index in [-0.39, 0.29) is 12.2 Å². The number of aryl methyl sites for hydroxylation is 1. The van der Waals surface area contributed by atoms with Crippen LogP contribution in [-0.2, 0) is 4.79 Å². The summed E-state index contributed by atoms with van der Waals surface area (Å²) in [6, 6.07) is 12.4. The van der Waals surface area contributed by atoms with Gasteiger partial charge in [-0.1, -0.05) is 53.2 Å². The second kappa shape index (κ2) is 7.06. The summed E-state index contributed by atoms with van der Waals surface area (Å²) in [6.07, 6.45) is 0.205. The molecule has 0 spiro atoms. The molecule has 1 aromatic heterocycles. The quantitative estimate of drug-likeness (QED) is 0.538. The molecule has 0 N–H and O–H groups in total. The van der Waals surface area contributed by atoms with Crippen molar-refractivity contribution in [2.45, 2.75) is 26.3 Å². The number of carbonyl (C=O) groups is 1. The van der Waals surface area contributed by atoms with Crippen LogP contribution in [0.25, 0.3) is 16.0 Å². The summed E-state index contributed by atoms with van der Waals surface area (Å²) in [5, 5.41) is 4.67. The lowest BCUT2D eigenvalue weighted by Crippen LogP contribution is -2.08. The van der Waals surface area contributed by atoms with Crippen LogP contribution in [-0.4, -0.2) is 16.7 Å². The van der Waals surface area contributed by atoms with E-state index in [2.05, 4.69) is 10.0 Å². The van der Waals surface area contributed by atoms with E-state index in [0.29, 0.717) is 22.2 Å². The number of carbonyl (C=O) groups excluding carboxylic acids is 1. The van der Waals surface area contributed by atoms with E-state index in [4.69, 9.17) is 27.7 Å². The number of nitrogens with zero attached hydrogens (tertiary/aromatic N) is 3. The molecule has 28 heavy (non-hydrogen) atoms. The minimum Gasteiger partial charge on any atom is -0.358 e. The van der Waals surface area contributed by atoms with Gasteiger partial charge in [0, 0.05) is 12.0 Å². The molecule has 1 aliphatic heterocycles. The van der Waals surface area contributed by atoms with E-state index in [1.54, 1.807) is 12.1 Å². The van der Waals surface area contributed by atoms with Crippen LogP contribution in [0.15, 0.2) is 52.0 Å². The SMILES string of the molecule is [C-]#[N+]c1ccc(C2=N[C@@H](CC(C)=O)c3onc(C)c3-c3cccc(Cl)c32)cc1. The number of aromatic nitrogens is 1. The van der Waals surface area contributed by atoms with Crippen molar-refractivity contribution in [3.8, 4) is 11.1 Å². The van der Waals surface area contributed by atoms with Crippen molar-refractivity contribution in [3.05, 3.63) is 81.5 Å². The molecule has 0 radical (unpaired) electrons. The molecule has 0 bridgehead atoms. The van der Waals surface area contributed by atoms with Crippen molar-refractivity contribution < 1.29 is 9.32 Å². The summed E-state index contributed by atoms with van der Waals surface area (Å²) >= 11 is 6.61. The van der Waals surface area contributed by atoms with Crippen molar-refractivity contribution in [1.29, 1.82) is 0 Å². The molecule has 1 atom stereocenters. The standard InChI is InChI=1S/C22H16ClN3O2/c1-12(27)11-18-22-19(13(2)26-28-22)16-5-4-6-17(23)20(16)21(25-18)14-7-9-15(24-3)10-8-14/h4-10,18H,11H2,1-2H3/t18-/m0/s1. The largest absolute Gasteiger partial charge is 0.358 e. The van der Waals surface area contributed by atoms with Gasteiger partial charge in [0.05, 0.1) is 28.6 Å². The van der Waals surface area contributed by atoms with E-state index in [1.807, 2.05) is 37.3 Å². The third-order valence-corrected chi connectivity index (χ3v) is 5.06. The lowest BCUT2D eigenvalue weighted by atomic mass is 9.92. The van der Waals surface area contributed by atoms with Gasteiger partial charge in [0.25, 0.3) is 0 Å². The van der Waals surface area contributed by atoms with Crippen LogP contribution in [0.5, 0.6) is 0 Å². The van der Waals surface area contributed by atoms with Gasteiger partial charge >= 0.3 is 0 Å². The van der Waals surface area contributed by atoms with Crippen LogP contribution in [0, 0.1) is 13.5 Å². The molecule has 0 saturated heterocycles. The zero-order valence-corrected chi connectivity index (χ0v) is 16.1. The second-order valence-corrected chi connectivity index (χ2v) is 7.14. The van der Waals surface area contributed by atoms with Gasteiger partial charge < -0.3 is 4.52 Å². The highest BCUT2D eigenvalue weighted by molar-refractivity contribution is 6.36. The Morgan fingerprint density at radius 3 is 2.64 bits per heavy atom. The molecule has 2 heterocycles. The average Bonchev–Trinajstić information content (AvgIpc) is 3.00. The number of benzene rings is 2. The first-order valence-corrected chi connectivity index (χ1v) is 9.18. The van der Waals surface area contributed by atoms with Gasteiger partial charge in [0.2, 0.25) is 0 Å². The third kappa shape index (κ3) is 3.02. The van der Waals surface area contributed by atoms with Crippen molar-refractivity contribution in [2.24, 2.45) is 4.99 Å². The maximum absolute atomic E-state index is 11.9. The molecule has 0 saturated carbocycles. The molecule has 138 valence electrons. The van der Waals surface area contributed by atoms with E-state index >= 15 is 0 Å². The van der Waals surface area contributed by atoms with Gasteiger partial charge in [0.15, 0.2) is 11.4 Å². The van der Waals surface area contributed by atoms with Crippen molar-refractivity contribution in [3.63, 3.8) is 0 Å². The van der Waals surface area contributed by atoms with Crippen molar-refractivity contribution in [2.75, 3.05) is 0 Å². The summed E-state index contributed by atoms with van der Waals surface area (Å²) in [4.78, 5) is 20.3. The van der Waals surface area contributed by atoms with E-state index < -0.39 is 6.04 Å². The minimum absolute atomic E-state index is 0.00788. The van der Waals surface area contributed by atoms with E-state index in [9.17, 15) is 4.79 Å². The fourth-order valence-corrected chi connectivity index (χ4v) is 3.78. The molecule has 0 fully saturated rings. The summed E-state index contributed by atoms with van der Waals surface area (Å²) in [7, 11) is 0. The number of fused-ring (bicyclic) bond motifs is 3. The Morgan fingerprint density at radius 1 is 1.21 bits per heavy atom. The van der Waals surface area contributed by atoms with Crippen LogP contribution in [0.1, 0.15) is 42.0 Å². The third-order valence-electron chi connectivity index (χ3n) is 4.75. The zero-order chi connectivity index (χ0) is 19.8. The highest BCUT2D eigenvalue weighted by Gasteiger charge is 2.31. The Morgan fingerprint density at radius 2 is 1.96 bits per heavy atom. The van der Waals surface area contributed by atoms with Gasteiger partial charge in [-0.15, -0.1) is 0 Å². The normalized spacial score (nSPS) is 15.1. The lowest BCUT2D eigenvalue weighted by molar-refractivity contribution is -0.117. The second-order valence-electron chi connectivity index (χ2n) is 6.73. The molecular formula is C22H16ClN3O2. The highest BCUT2D eigenvalue weighted by Crippen LogP contribution is 2.42. The summed E-state index contributed by atoms with van der Waals surface area (Å²) in [5.74, 6) is 0.581. The van der Waals surface area contributed by atoms with E-state index in [1.165, 1.54) is 6.92 Å². The summed E-state index contributed by atoms with van der Waals surface area (Å²) in [6.45, 7) is 10.6. The minimum atomic E-state index is -0.493. The molecule has 0 unspecified atom stereocenters. The maximum Gasteiger partial charge on any atom is 0.187 e. The Bertz CT molecular complexity index is 1150. The first kappa shape index (κ1) is 18.1. The molecule has 6 heteroatoms. The fourth-order valence-electron chi connectivity index (χ4n) is 3.52. The highest BCUT2D eigenvalue weighted by atomic mass is 35.5. The fraction of sp³-hybridized carbons (Fsp3) is 0.182. The predicted octanol–water partition coefficient (Wildman–Crippen LogP) is 5.73. The molecular weight excluding hydrogens is 374 g/mol. The number of hydrogen-bond acceptors (Lipinski definition) is 4. The smallest absolute Gasteiger partial charge is 0.187 e. The number of ketones is 1. The Labute approximate surface area is 167 Å². The maximum atomic E-state index is 11.9. The van der Waals surface area contributed by atoms with Gasteiger partial charge in [-0.05, 0) is 31.0 Å². The number of aliphatic imine (C=N–C) groups is 1. The first-order chi connectivity index (χ1) is 13.5. The molecule has 2 aromatic carbocycles. The number of rotatable bonds is 3. The lowest BCUT2D eigenvalue weighted by Gasteiger charge is -2.13. The molecule has 4 rings (SSSR count). The molecule has 0 aliphatic carbocycles. The Balaban J connectivity index is 2.02. The number of halogens is 1. The summed E-state index contributed by atoms with van der Waals surface area (Å²) in [5.41, 5.74) is 5.26. The molecule has 0 amide bonds. The van der Waals surface area contributed by atoms with Crippen LogP contribution >= 0.6 is 11.6 Å². The van der Waals surface area contributed by atoms with E-state index in [0.717, 1.165) is 27.9 Å². The predicted molar refractivity (Wildman–Crippen MR) is 108 cm³/mol. The summed E-state index contributed by atoms with van der Waals surface area (Å²) < 4.78 is 5.61. The topological polar surface area (TPSA) is 59.8 Å². The molecule has 5 nitrogen and oxygen atoms in total. The Hall–Kier alpha value is -3.23. The van der Waals surface area contributed by atoms with Gasteiger partial charge in [-0.3, -0.25) is 9.79 Å². The van der Waals surface area contributed by atoms with Crippen molar-refractivity contribution in [1.82, 2.24) is 5.16 Å². The molecule has 1 aliphatic rings. The van der Waals surface area contributed by atoms with Crippen LogP contribution in [0.3, 0.4) is 0 Å². The average molecular weight is 390 g/mol.